The number of thioether (sulfide) groups is 11. The van der Waals surface area contributed by atoms with E-state index in [4.69, 9.17) is 14.9 Å². The first kappa shape index (κ1) is 39.7. The van der Waals surface area contributed by atoms with Crippen LogP contribution in [0.4, 0.5) is 4.79 Å². The summed E-state index contributed by atoms with van der Waals surface area (Å²) in [5.41, 5.74) is 1.55. The van der Waals surface area contributed by atoms with E-state index in [0.717, 1.165) is 35.6 Å². The molecule has 0 aliphatic carbocycles. The Morgan fingerprint density at radius 3 is 2.24 bits per heavy atom. The molecule has 0 fully saturated rings. The molecular formula is C17H33N3O5S12. The zero-order valence-electron chi connectivity index (χ0n) is 20.2. The van der Waals surface area contributed by atoms with Crippen LogP contribution < -0.4 is 5.32 Å². The summed E-state index contributed by atoms with van der Waals surface area (Å²) in [5, 5.41) is 18.7. The Hall–Kier alpha value is 2.69. The van der Waals surface area contributed by atoms with Crippen molar-refractivity contribution < 1.29 is 24.2 Å². The van der Waals surface area contributed by atoms with Gasteiger partial charge in [0, 0.05) is 46.8 Å². The number of nitrogens with zero attached hydrogens (tertiary/aromatic N) is 2. The Morgan fingerprint density at radius 1 is 0.892 bits per heavy atom. The summed E-state index contributed by atoms with van der Waals surface area (Å²) in [4.78, 5) is 29.4. The first-order valence-corrected chi connectivity index (χ1v) is 24.2. The van der Waals surface area contributed by atoms with Gasteiger partial charge in [-0.25, -0.2) is 9.98 Å². The van der Waals surface area contributed by atoms with E-state index in [0.29, 0.717) is 22.7 Å². The fourth-order valence-corrected chi connectivity index (χ4v) is 13.3. The third-order valence-electron chi connectivity index (χ3n) is 2.76. The lowest BCUT2D eigenvalue weighted by atomic mass is 11.2. The van der Waals surface area contributed by atoms with Crippen LogP contribution in [0.5, 0.6) is 0 Å². The topological polar surface area (TPSA) is 116 Å². The van der Waals surface area contributed by atoms with Crippen molar-refractivity contribution in [1.82, 2.24) is 5.32 Å². The molecule has 8 nitrogen and oxygen atoms in total. The molecule has 0 bridgehead atoms. The van der Waals surface area contributed by atoms with E-state index in [1.807, 2.05) is 53.3 Å². The smallest absolute Gasteiger partial charge is 0.280 e. The highest BCUT2D eigenvalue weighted by Crippen LogP contribution is 2.24. The minimum Gasteiger partial charge on any atom is -0.610 e. The molecule has 0 aromatic carbocycles. The van der Waals surface area contributed by atoms with E-state index < -0.39 is 11.2 Å². The van der Waals surface area contributed by atoms with Crippen LogP contribution >= 0.6 is 129 Å². The molecule has 0 aliphatic heterocycles. The predicted octanol–water partition coefficient (Wildman–Crippen LogP) is 6.58. The second-order valence-electron chi connectivity index (χ2n) is 5.50. The number of carbonyl (C=O) groups is 1. The van der Waals surface area contributed by atoms with Crippen molar-refractivity contribution in [3.8, 4) is 0 Å². The van der Waals surface area contributed by atoms with Crippen LogP contribution in [0.1, 0.15) is 0 Å². The highest BCUT2D eigenvalue weighted by Gasteiger charge is 2.03. The van der Waals surface area contributed by atoms with Crippen LogP contribution in [-0.4, -0.2) is 103 Å². The Labute approximate surface area is 270 Å². The normalized spacial score (nSPS) is 12.5. The fraction of sp³-hybridized carbons (Fsp3) is 0.824. The molecular weight excluding hydrogens is 711 g/mol. The highest BCUT2D eigenvalue weighted by atomic mass is 32.3. The molecule has 0 saturated carbocycles. The number of aliphatic imine (C=N–C) groups is 2. The van der Waals surface area contributed by atoms with Gasteiger partial charge in [-0.05, 0) is 6.26 Å². The van der Waals surface area contributed by atoms with E-state index in [2.05, 4.69) is 15.3 Å². The Balaban J connectivity index is 3.25. The van der Waals surface area contributed by atoms with E-state index in [1.54, 1.807) is 64.4 Å². The molecule has 0 aromatic heterocycles. The summed E-state index contributed by atoms with van der Waals surface area (Å²) in [6.07, 6.45) is 3.24. The van der Waals surface area contributed by atoms with Crippen molar-refractivity contribution in [3.05, 3.63) is 0 Å². The van der Waals surface area contributed by atoms with E-state index in [1.165, 1.54) is 29.9 Å². The molecule has 0 heterocycles. The largest absolute Gasteiger partial charge is 0.610 e. The number of hydrogen-bond donors (Lipinski definition) is 2. The second kappa shape index (κ2) is 34.9. The zero-order valence-corrected chi connectivity index (χ0v) is 30.0. The summed E-state index contributed by atoms with van der Waals surface area (Å²) >= 11 is 17.4. The van der Waals surface area contributed by atoms with Crippen LogP contribution in [0.25, 0.3) is 0 Å². The van der Waals surface area contributed by atoms with Crippen molar-refractivity contribution in [2.75, 3.05) is 76.4 Å². The maximum absolute atomic E-state index is 11.9. The lowest BCUT2D eigenvalue weighted by Gasteiger charge is -2.05. The summed E-state index contributed by atoms with van der Waals surface area (Å²) in [6, 6.07) is 0. The van der Waals surface area contributed by atoms with Crippen LogP contribution in [0, 0.1) is 0 Å². The van der Waals surface area contributed by atoms with Gasteiger partial charge < -0.3 is 19.9 Å². The number of rotatable bonds is 28. The third kappa shape index (κ3) is 34.8. The van der Waals surface area contributed by atoms with Gasteiger partial charge in [-0.15, -0.1) is 106 Å². The monoisotopic (exact) mass is 743 g/mol. The maximum atomic E-state index is 11.9. The van der Waals surface area contributed by atoms with Crippen LogP contribution in [0.3, 0.4) is 0 Å². The van der Waals surface area contributed by atoms with Gasteiger partial charge in [0.2, 0.25) is 11.9 Å². The van der Waals surface area contributed by atoms with Crippen LogP contribution in [-0.2, 0) is 21.0 Å². The number of nitrogens with one attached hydrogen (secondary N) is 1. The molecule has 1 unspecified atom stereocenters. The first-order valence-electron chi connectivity index (χ1n) is 10.0. The molecule has 0 aromatic rings. The van der Waals surface area contributed by atoms with E-state index in [9.17, 15) is 9.35 Å². The standard InChI is InChI=1S/C17H33N3O5S12/c1-26-3-19-6-37(23)16-35-14-33-12-32-13-34-15-36-17(22)20-5-28-10-31-11-30-9-27-4-18-2-24-25-8-29-7-21/h2,6,21H,3-5,7-16H2,1H3,(H,20,22)/b18-2+,19-6+. The number of hydrogen-bond acceptors (Lipinski definition) is 18. The van der Waals surface area contributed by atoms with Gasteiger partial charge in [-0.2, -0.15) is 4.89 Å². The minimum atomic E-state index is -0.973. The lowest BCUT2D eigenvalue weighted by Crippen LogP contribution is -2.17. The maximum Gasteiger partial charge on any atom is 0.280 e. The molecule has 0 radical (unpaired) electrons. The van der Waals surface area contributed by atoms with Crippen molar-refractivity contribution >= 4 is 158 Å². The molecule has 1 amide bonds. The summed E-state index contributed by atoms with van der Waals surface area (Å²) in [6.45, 7) is 0. The summed E-state index contributed by atoms with van der Waals surface area (Å²) < 4.78 is 11.6. The van der Waals surface area contributed by atoms with Crippen molar-refractivity contribution in [3.63, 3.8) is 0 Å². The predicted molar refractivity (Wildman–Crippen MR) is 191 cm³/mol. The summed E-state index contributed by atoms with van der Waals surface area (Å²) in [7, 11) is 0. The van der Waals surface area contributed by atoms with E-state index in [-0.39, 0.29) is 17.1 Å². The fourth-order valence-electron chi connectivity index (χ4n) is 1.44. The van der Waals surface area contributed by atoms with Gasteiger partial charge in [0.05, 0.1) is 23.6 Å². The first-order chi connectivity index (χ1) is 18.2. The number of carbonyl (C=O) groups excluding carboxylic acids is 1. The molecule has 2 N–H and O–H groups in total. The van der Waals surface area contributed by atoms with Crippen molar-refractivity contribution in [2.45, 2.75) is 0 Å². The Bertz CT molecular complexity index is 560. The van der Waals surface area contributed by atoms with Gasteiger partial charge >= 0.3 is 0 Å². The molecule has 20 heteroatoms. The SMILES string of the molecule is CSC/N=C/[S+]([O-])CSCSCSCSCSC(=O)NCSCSCSCSC/N=C/OOCSCO. The van der Waals surface area contributed by atoms with Gasteiger partial charge in [0.15, 0.2) is 5.08 Å². The van der Waals surface area contributed by atoms with Crippen molar-refractivity contribution in [1.29, 1.82) is 0 Å². The van der Waals surface area contributed by atoms with Gasteiger partial charge in [-0.1, -0.05) is 23.5 Å². The van der Waals surface area contributed by atoms with Gasteiger partial charge in [0.1, 0.15) is 5.94 Å². The van der Waals surface area contributed by atoms with Crippen LogP contribution in [0.2, 0.25) is 0 Å². The molecule has 37 heavy (non-hydrogen) atoms. The minimum absolute atomic E-state index is 0.000696. The molecule has 218 valence electrons. The van der Waals surface area contributed by atoms with Crippen LogP contribution in [0.15, 0.2) is 9.98 Å². The molecule has 0 spiro atoms. The molecule has 0 saturated heterocycles. The lowest BCUT2D eigenvalue weighted by molar-refractivity contribution is -0.196. The third-order valence-corrected chi connectivity index (χ3v) is 15.8. The Morgan fingerprint density at radius 2 is 1.54 bits per heavy atom. The molecule has 0 rings (SSSR count). The molecule has 1 atom stereocenters. The average molecular weight is 744 g/mol. The highest BCUT2D eigenvalue weighted by molar-refractivity contribution is 8.30. The average Bonchev–Trinajstić information content (AvgIpc) is 2.89. The second-order valence-corrected chi connectivity index (χ2v) is 20.2. The van der Waals surface area contributed by atoms with E-state index >= 15 is 0 Å². The quantitative estimate of drug-likeness (QED) is 0.0171. The number of aliphatic hydroxyl groups excluding tert-OH is 1. The van der Waals surface area contributed by atoms with Crippen molar-refractivity contribution in [2.24, 2.45) is 9.98 Å². The van der Waals surface area contributed by atoms with Gasteiger partial charge in [-0.3, -0.25) is 4.79 Å². The Kier molecular flexibility index (Phi) is 37.4. The number of aliphatic hydroxyl groups is 1. The molecule has 0 aliphatic rings. The summed E-state index contributed by atoms with van der Waals surface area (Å²) in [5.74, 6) is 2.18. The zero-order chi connectivity index (χ0) is 27.1. The van der Waals surface area contributed by atoms with Gasteiger partial charge in [0.25, 0.3) is 5.24 Å². The number of amides is 1.